The predicted octanol–water partition coefficient (Wildman–Crippen LogP) is 1.31. The Labute approximate surface area is 115 Å². The third-order valence-corrected chi connectivity index (χ3v) is 4.73. The van der Waals surface area contributed by atoms with Gasteiger partial charge >= 0.3 is 0 Å². The third kappa shape index (κ3) is 2.67. The first-order valence-electron chi connectivity index (χ1n) is 7.52. The number of hydrogen-bond donors (Lipinski definition) is 1. The largest absolute Gasteiger partial charge is 0.311 e. The van der Waals surface area contributed by atoms with Gasteiger partial charge in [0.15, 0.2) is 0 Å². The average molecular weight is 263 g/mol. The van der Waals surface area contributed by atoms with E-state index in [2.05, 4.69) is 27.5 Å². The van der Waals surface area contributed by atoms with Crippen LogP contribution in [0.15, 0.2) is 6.20 Å². The molecule has 0 aromatic carbocycles. The highest BCUT2D eigenvalue weighted by atomic mass is 15.4. The lowest BCUT2D eigenvalue weighted by Crippen LogP contribution is -2.64. The van der Waals surface area contributed by atoms with Crippen LogP contribution >= 0.6 is 0 Å². The lowest BCUT2D eigenvalue weighted by molar-refractivity contribution is 0.00528. The maximum Gasteiger partial charge on any atom is 0.0967 e. The van der Waals surface area contributed by atoms with E-state index in [1.54, 1.807) is 4.68 Å². The van der Waals surface area contributed by atoms with Gasteiger partial charge in [0.05, 0.1) is 5.69 Å². The van der Waals surface area contributed by atoms with E-state index in [0.29, 0.717) is 11.6 Å². The standard InChI is InChI=1S/C14H25N5/c1-12-8-19(10-13-9-18(2)17-16-13)14(11-15-12)6-4-3-5-7-14/h9,12,15H,3-8,10-11H2,1-2H3. The van der Waals surface area contributed by atoms with Crippen molar-refractivity contribution in [2.75, 3.05) is 13.1 Å². The van der Waals surface area contributed by atoms with E-state index in [1.807, 2.05) is 13.2 Å². The van der Waals surface area contributed by atoms with E-state index in [1.165, 1.54) is 32.1 Å². The van der Waals surface area contributed by atoms with Gasteiger partial charge in [0.25, 0.3) is 0 Å². The molecule has 1 N–H and O–H groups in total. The van der Waals surface area contributed by atoms with Crippen LogP contribution in [0.1, 0.15) is 44.7 Å². The van der Waals surface area contributed by atoms with Gasteiger partial charge in [-0.15, -0.1) is 5.10 Å². The topological polar surface area (TPSA) is 46.0 Å². The van der Waals surface area contributed by atoms with Gasteiger partial charge in [-0.3, -0.25) is 9.58 Å². The second kappa shape index (κ2) is 5.21. The molecule has 0 amide bonds. The molecule has 106 valence electrons. The van der Waals surface area contributed by atoms with E-state index in [0.717, 1.165) is 25.3 Å². The van der Waals surface area contributed by atoms with Gasteiger partial charge in [0.2, 0.25) is 0 Å². The van der Waals surface area contributed by atoms with E-state index in [4.69, 9.17) is 0 Å². The molecule has 1 saturated heterocycles. The molecule has 1 spiro atoms. The van der Waals surface area contributed by atoms with E-state index >= 15 is 0 Å². The molecule has 5 heteroatoms. The third-order valence-electron chi connectivity index (χ3n) is 4.73. The number of piperazine rings is 1. The smallest absolute Gasteiger partial charge is 0.0967 e. The maximum absolute atomic E-state index is 4.26. The molecular formula is C14H25N5. The van der Waals surface area contributed by atoms with Gasteiger partial charge < -0.3 is 5.32 Å². The monoisotopic (exact) mass is 263 g/mol. The first-order valence-corrected chi connectivity index (χ1v) is 7.52. The van der Waals surface area contributed by atoms with Crippen LogP contribution < -0.4 is 5.32 Å². The van der Waals surface area contributed by atoms with Crippen LogP contribution in [0.2, 0.25) is 0 Å². The molecule has 2 fully saturated rings. The minimum absolute atomic E-state index is 0.363. The highest BCUT2D eigenvalue weighted by Crippen LogP contribution is 2.36. The minimum Gasteiger partial charge on any atom is -0.311 e. The lowest BCUT2D eigenvalue weighted by Gasteiger charge is -2.51. The predicted molar refractivity (Wildman–Crippen MR) is 74.7 cm³/mol. The van der Waals surface area contributed by atoms with Crippen molar-refractivity contribution < 1.29 is 0 Å². The van der Waals surface area contributed by atoms with Crippen LogP contribution in [0.5, 0.6) is 0 Å². The molecule has 19 heavy (non-hydrogen) atoms. The molecular weight excluding hydrogens is 238 g/mol. The lowest BCUT2D eigenvalue weighted by atomic mass is 9.78. The van der Waals surface area contributed by atoms with Gasteiger partial charge in [-0.25, -0.2) is 0 Å². The van der Waals surface area contributed by atoms with Crippen molar-refractivity contribution in [1.82, 2.24) is 25.2 Å². The number of aryl methyl sites for hydroxylation is 1. The number of hydrogen-bond acceptors (Lipinski definition) is 4. The van der Waals surface area contributed by atoms with Crippen molar-refractivity contribution in [3.8, 4) is 0 Å². The zero-order chi connectivity index (χ0) is 13.3. The molecule has 1 unspecified atom stereocenters. The van der Waals surface area contributed by atoms with Gasteiger partial charge in [-0.1, -0.05) is 24.5 Å². The summed E-state index contributed by atoms with van der Waals surface area (Å²) in [5.74, 6) is 0. The molecule has 0 bridgehead atoms. The van der Waals surface area contributed by atoms with Crippen molar-refractivity contribution in [2.45, 2.75) is 57.2 Å². The molecule has 1 aliphatic heterocycles. The Balaban J connectivity index is 1.77. The highest BCUT2D eigenvalue weighted by molar-refractivity contribution is 5.03. The van der Waals surface area contributed by atoms with Crippen LogP contribution in [-0.2, 0) is 13.6 Å². The van der Waals surface area contributed by atoms with Crippen molar-refractivity contribution in [2.24, 2.45) is 7.05 Å². The molecule has 1 aromatic heterocycles. The average Bonchev–Trinajstić information content (AvgIpc) is 2.81. The summed E-state index contributed by atoms with van der Waals surface area (Å²) >= 11 is 0. The Morgan fingerprint density at radius 3 is 2.84 bits per heavy atom. The molecule has 3 rings (SSSR count). The number of nitrogens with zero attached hydrogens (tertiary/aromatic N) is 4. The maximum atomic E-state index is 4.26. The zero-order valence-corrected chi connectivity index (χ0v) is 12.1. The molecule has 2 aliphatic rings. The van der Waals surface area contributed by atoms with Gasteiger partial charge in [0.1, 0.15) is 0 Å². The summed E-state index contributed by atoms with van der Waals surface area (Å²) < 4.78 is 1.80. The minimum atomic E-state index is 0.363. The van der Waals surface area contributed by atoms with E-state index in [-0.39, 0.29) is 0 Å². The van der Waals surface area contributed by atoms with Gasteiger partial charge in [0, 0.05) is 44.5 Å². The fraction of sp³-hybridized carbons (Fsp3) is 0.857. The van der Waals surface area contributed by atoms with Crippen molar-refractivity contribution >= 4 is 0 Å². The Morgan fingerprint density at radius 1 is 1.37 bits per heavy atom. The quantitative estimate of drug-likeness (QED) is 0.874. The Bertz CT molecular complexity index is 421. The zero-order valence-electron chi connectivity index (χ0n) is 12.1. The van der Waals surface area contributed by atoms with Crippen LogP contribution in [0.4, 0.5) is 0 Å². The first-order chi connectivity index (χ1) is 9.18. The highest BCUT2D eigenvalue weighted by Gasteiger charge is 2.41. The summed E-state index contributed by atoms with van der Waals surface area (Å²) in [5, 5.41) is 12.0. The van der Waals surface area contributed by atoms with Crippen molar-refractivity contribution in [3.05, 3.63) is 11.9 Å². The SMILES string of the molecule is CC1CN(Cc2cn(C)nn2)C2(CCCCC2)CN1. The van der Waals surface area contributed by atoms with Crippen LogP contribution in [0, 0.1) is 0 Å². The summed E-state index contributed by atoms with van der Waals surface area (Å²) in [4.78, 5) is 2.66. The van der Waals surface area contributed by atoms with Crippen LogP contribution in [0.25, 0.3) is 0 Å². The van der Waals surface area contributed by atoms with E-state index < -0.39 is 0 Å². The second-order valence-corrected chi connectivity index (χ2v) is 6.33. The Hall–Kier alpha value is -0.940. The summed E-state index contributed by atoms with van der Waals surface area (Å²) in [6.07, 6.45) is 8.83. The fourth-order valence-electron chi connectivity index (χ4n) is 3.66. The normalized spacial score (nSPS) is 27.8. The Morgan fingerprint density at radius 2 is 2.16 bits per heavy atom. The molecule has 2 heterocycles. The Kier molecular flexibility index (Phi) is 3.58. The number of nitrogens with one attached hydrogen (secondary N) is 1. The number of aromatic nitrogens is 3. The summed E-state index contributed by atoms with van der Waals surface area (Å²) in [7, 11) is 1.94. The molecule has 1 atom stereocenters. The summed E-state index contributed by atoms with van der Waals surface area (Å²) in [5.41, 5.74) is 1.46. The molecule has 1 aromatic rings. The van der Waals surface area contributed by atoms with Crippen molar-refractivity contribution in [1.29, 1.82) is 0 Å². The van der Waals surface area contributed by atoms with Crippen LogP contribution in [-0.4, -0.2) is 44.6 Å². The number of rotatable bonds is 2. The summed E-state index contributed by atoms with van der Waals surface area (Å²) in [6.45, 7) is 5.48. The molecule has 1 saturated carbocycles. The van der Waals surface area contributed by atoms with E-state index in [9.17, 15) is 0 Å². The van der Waals surface area contributed by atoms with Gasteiger partial charge in [-0.2, -0.15) is 0 Å². The van der Waals surface area contributed by atoms with Gasteiger partial charge in [-0.05, 0) is 19.8 Å². The molecule has 5 nitrogen and oxygen atoms in total. The summed E-state index contributed by atoms with van der Waals surface area (Å²) in [6, 6.07) is 0.573. The van der Waals surface area contributed by atoms with Crippen LogP contribution in [0.3, 0.4) is 0 Å². The van der Waals surface area contributed by atoms with Crippen molar-refractivity contribution in [3.63, 3.8) is 0 Å². The molecule has 0 radical (unpaired) electrons. The fourth-order valence-corrected chi connectivity index (χ4v) is 3.66. The second-order valence-electron chi connectivity index (χ2n) is 6.33. The molecule has 1 aliphatic carbocycles. The first kappa shape index (κ1) is 13.1.